The van der Waals surface area contributed by atoms with Gasteiger partial charge in [-0.3, -0.25) is 19.9 Å². The number of urea groups is 1. The number of carbonyl (C=O) groups is 3. The first kappa shape index (κ1) is 23.5. The second-order valence-corrected chi connectivity index (χ2v) is 7.32. The van der Waals surface area contributed by atoms with E-state index in [1.807, 2.05) is 23.5 Å². The summed E-state index contributed by atoms with van der Waals surface area (Å²) in [4.78, 5) is 41.9. The van der Waals surface area contributed by atoms with E-state index in [1.54, 1.807) is 36.4 Å². The maximum atomic E-state index is 13.0. The number of aliphatic imine (C=N–C) groups is 1. The molecule has 35 heavy (non-hydrogen) atoms. The van der Waals surface area contributed by atoms with Gasteiger partial charge in [0.2, 0.25) is 5.91 Å². The van der Waals surface area contributed by atoms with Crippen molar-refractivity contribution >= 4 is 46.8 Å². The third-order valence-corrected chi connectivity index (χ3v) is 4.89. The van der Waals surface area contributed by atoms with Gasteiger partial charge in [-0.15, -0.1) is 0 Å². The molecule has 11 heteroatoms. The van der Waals surface area contributed by atoms with Gasteiger partial charge < -0.3 is 0 Å². The topological polar surface area (TPSA) is 104 Å². The highest BCUT2D eigenvalue weighted by Crippen LogP contribution is 2.32. The van der Waals surface area contributed by atoms with Crippen molar-refractivity contribution in [3.05, 3.63) is 84.4 Å². The summed E-state index contributed by atoms with van der Waals surface area (Å²) in [5, 5.41) is 10.2. The zero-order chi connectivity index (χ0) is 25.0. The average molecular weight is 479 g/mol. The van der Waals surface area contributed by atoms with E-state index in [2.05, 4.69) is 15.2 Å². The van der Waals surface area contributed by atoms with Gasteiger partial charge in [0, 0.05) is 6.21 Å². The lowest BCUT2D eigenvalue weighted by Crippen LogP contribution is -2.58. The number of rotatable bonds is 5. The summed E-state index contributed by atoms with van der Waals surface area (Å²) in [5.74, 6) is -3.46. The smallest absolute Gasteiger partial charge is 0.276 e. The second-order valence-electron chi connectivity index (χ2n) is 7.32. The number of hydrogen-bond donors (Lipinski definition) is 1. The van der Waals surface area contributed by atoms with Crippen LogP contribution in [0.4, 0.5) is 40.7 Å². The number of barbiturate groups is 1. The molecular formula is C24H16F3N5O3. The number of halogens is 3. The molecule has 3 aromatic rings. The molecule has 4 rings (SSSR count). The number of nitrogens with one attached hydrogen (secondary N) is 1. The molecule has 1 aliphatic rings. The van der Waals surface area contributed by atoms with Crippen LogP contribution in [0.1, 0.15) is 5.56 Å². The molecule has 4 amide bonds. The number of hydrogen-bond acceptors (Lipinski definition) is 6. The van der Waals surface area contributed by atoms with Crippen LogP contribution in [0.5, 0.6) is 0 Å². The highest BCUT2D eigenvalue weighted by Gasteiger charge is 2.41. The maximum Gasteiger partial charge on any atom is 0.416 e. The van der Waals surface area contributed by atoms with Crippen molar-refractivity contribution in [1.82, 2.24) is 5.32 Å². The Labute approximate surface area is 196 Å². The van der Waals surface area contributed by atoms with Crippen LogP contribution in [-0.2, 0) is 15.8 Å². The van der Waals surface area contributed by atoms with Gasteiger partial charge in [-0.05, 0) is 54.6 Å². The van der Waals surface area contributed by atoms with Crippen LogP contribution in [-0.4, -0.2) is 24.1 Å². The molecule has 0 aromatic heterocycles. The molecule has 1 atom stereocenters. The number of carbonyl (C=O) groups excluding carboxylic acids is 3. The van der Waals surface area contributed by atoms with Crippen molar-refractivity contribution in [3.8, 4) is 0 Å². The van der Waals surface area contributed by atoms with Crippen molar-refractivity contribution in [1.29, 1.82) is 0 Å². The molecular weight excluding hydrogens is 463 g/mol. The van der Waals surface area contributed by atoms with E-state index in [4.69, 9.17) is 0 Å². The van der Waals surface area contributed by atoms with E-state index >= 15 is 0 Å². The van der Waals surface area contributed by atoms with E-state index in [9.17, 15) is 27.6 Å². The summed E-state index contributed by atoms with van der Waals surface area (Å²) >= 11 is 0. The highest BCUT2D eigenvalue weighted by molar-refractivity contribution is 6.32. The SMILES string of the molecule is O=C1NC(=O)N(c2cccc(C(F)(F)F)c2)C(=O)[C@@H]1C=Nc1ccc(N=Nc2ccccc2)cc1. The number of benzene rings is 3. The summed E-state index contributed by atoms with van der Waals surface area (Å²) < 4.78 is 39.1. The minimum atomic E-state index is -4.67. The highest BCUT2D eigenvalue weighted by atomic mass is 19.4. The van der Waals surface area contributed by atoms with Crippen molar-refractivity contribution in [2.75, 3.05) is 4.90 Å². The lowest BCUT2D eigenvalue weighted by molar-refractivity contribution is -0.138. The van der Waals surface area contributed by atoms with Gasteiger partial charge in [0.15, 0.2) is 5.92 Å². The molecule has 8 nitrogen and oxygen atoms in total. The third-order valence-electron chi connectivity index (χ3n) is 4.89. The first-order valence-corrected chi connectivity index (χ1v) is 10.2. The van der Waals surface area contributed by atoms with Crippen LogP contribution >= 0.6 is 0 Å². The van der Waals surface area contributed by atoms with Crippen LogP contribution in [0.2, 0.25) is 0 Å². The lowest BCUT2D eigenvalue weighted by atomic mass is 10.1. The zero-order valence-corrected chi connectivity index (χ0v) is 17.8. The van der Waals surface area contributed by atoms with E-state index in [-0.39, 0.29) is 5.69 Å². The first-order valence-electron chi connectivity index (χ1n) is 10.2. The number of nitrogens with zero attached hydrogens (tertiary/aromatic N) is 4. The van der Waals surface area contributed by atoms with Crippen LogP contribution in [0.15, 0.2) is 94.1 Å². The minimum absolute atomic E-state index is 0.318. The zero-order valence-electron chi connectivity index (χ0n) is 17.8. The Hall–Kier alpha value is -4.67. The van der Waals surface area contributed by atoms with Gasteiger partial charge in [0.25, 0.3) is 5.91 Å². The van der Waals surface area contributed by atoms with Gasteiger partial charge >= 0.3 is 12.2 Å². The molecule has 0 bridgehead atoms. The molecule has 1 N–H and O–H groups in total. The van der Waals surface area contributed by atoms with Gasteiger partial charge in [-0.1, -0.05) is 24.3 Å². The Morgan fingerprint density at radius 3 is 2.09 bits per heavy atom. The van der Waals surface area contributed by atoms with Crippen molar-refractivity contribution in [3.63, 3.8) is 0 Å². The fraction of sp³-hybridized carbons (Fsp3) is 0.0833. The van der Waals surface area contributed by atoms with Crippen LogP contribution < -0.4 is 10.2 Å². The largest absolute Gasteiger partial charge is 0.416 e. The molecule has 1 saturated heterocycles. The minimum Gasteiger partial charge on any atom is -0.276 e. The predicted octanol–water partition coefficient (Wildman–Crippen LogP) is 5.72. The molecule has 176 valence electrons. The molecule has 1 aliphatic heterocycles. The summed E-state index contributed by atoms with van der Waals surface area (Å²) in [6, 6.07) is 18.1. The lowest BCUT2D eigenvalue weighted by Gasteiger charge is -2.28. The van der Waals surface area contributed by atoms with Crippen molar-refractivity contribution in [2.45, 2.75) is 6.18 Å². The monoisotopic (exact) mass is 479 g/mol. The molecule has 3 aromatic carbocycles. The fourth-order valence-corrected chi connectivity index (χ4v) is 3.16. The summed E-state index contributed by atoms with van der Waals surface area (Å²) in [7, 11) is 0. The van der Waals surface area contributed by atoms with Gasteiger partial charge in [0.1, 0.15) is 0 Å². The first-order chi connectivity index (χ1) is 16.7. The van der Waals surface area contributed by atoms with Gasteiger partial charge in [0.05, 0.1) is 28.3 Å². The quantitative estimate of drug-likeness (QED) is 0.287. The van der Waals surface area contributed by atoms with Gasteiger partial charge in [-0.2, -0.15) is 23.4 Å². The molecule has 0 unspecified atom stereocenters. The van der Waals surface area contributed by atoms with Crippen LogP contribution in [0.3, 0.4) is 0 Å². The Morgan fingerprint density at radius 2 is 1.43 bits per heavy atom. The maximum absolute atomic E-state index is 13.0. The Kier molecular flexibility index (Phi) is 6.49. The van der Waals surface area contributed by atoms with Crippen LogP contribution in [0, 0.1) is 5.92 Å². The average Bonchev–Trinajstić information content (AvgIpc) is 2.83. The predicted molar refractivity (Wildman–Crippen MR) is 121 cm³/mol. The standard InChI is InChI=1S/C24H16F3N5O3/c25-24(26,27)15-5-4-8-19(13-15)32-22(34)20(21(33)29-23(32)35)14-28-16-9-11-18(12-10-16)31-30-17-6-2-1-3-7-17/h1-14,20H,(H,29,33,35)/t20-/m1/s1. The Balaban J connectivity index is 1.51. The van der Waals surface area contributed by atoms with Crippen molar-refractivity contribution in [2.24, 2.45) is 21.1 Å². The number of azo groups is 1. The molecule has 1 fully saturated rings. The van der Waals surface area contributed by atoms with Crippen molar-refractivity contribution < 1.29 is 27.6 Å². The molecule has 0 spiro atoms. The number of anilines is 1. The number of alkyl halides is 3. The van der Waals surface area contributed by atoms with E-state index in [0.29, 0.717) is 28.0 Å². The van der Waals surface area contributed by atoms with E-state index in [1.165, 1.54) is 6.07 Å². The summed E-state index contributed by atoms with van der Waals surface area (Å²) in [6.07, 6.45) is -3.64. The van der Waals surface area contributed by atoms with Crippen LogP contribution in [0.25, 0.3) is 0 Å². The normalized spacial score (nSPS) is 16.8. The second kappa shape index (κ2) is 9.67. The van der Waals surface area contributed by atoms with Gasteiger partial charge in [-0.25, -0.2) is 9.69 Å². The molecule has 0 radical (unpaired) electrons. The molecule has 0 saturated carbocycles. The van der Waals surface area contributed by atoms with E-state index < -0.39 is 35.5 Å². The third kappa shape index (κ3) is 5.46. The molecule has 1 heterocycles. The fourth-order valence-electron chi connectivity index (χ4n) is 3.16. The Bertz CT molecular complexity index is 1320. The summed E-state index contributed by atoms with van der Waals surface area (Å²) in [6.45, 7) is 0. The Morgan fingerprint density at radius 1 is 0.800 bits per heavy atom. The number of imide groups is 2. The summed E-state index contributed by atoms with van der Waals surface area (Å²) in [5.41, 5.74) is 0.243. The number of amides is 4. The molecule has 0 aliphatic carbocycles. The van der Waals surface area contributed by atoms with E-state index in [0.717, 1.165) is 18.3 Å².